The molecule has 108 valence electrons. The van der Waals surface area contributed by atoms with Gasteiger partial charge in [-0.05, 0) is 43.2 Å². The van der Waals surface area contributed by atoms with Gasteiger partial charge in [0.05, 0.1) is 0 Å². The Bertz CT molecular complexity index is 488. The van der Waals surface area contributed by atoms with Crippen molar-refractivity contribution in [3.05, 3.63) is 29.8 Å². The predicted octanol–water partition coefficient (Wildman–Crippen LogP) is 2.54. The largest absolute Gasteiger partial charge is 0.491 e. The molecule has 4 nitrogen and oxygen atoms in total. The number of carboxylic acids is 1. The molecule has 0 saturated heterocycles. The molecule has 0 aliphatic heterocycles. The van der Waals surface area contributed by atoms with Gasteiger partial charge in [-0.3, -0.25) is 0 Å². The maximum absolute atomic E-state index is 11.1. The smallest absolute Gasteiger partial charge is 0.339 e. The van der Waals surface area contributed by atoms with Crippen molar-refractivity contribution in [1.29, 1.82) is 0 Å². The second-order valence-electron chi connectivity index (χ2n) is 5.89. The first-order valence-electron chi connectivity index (χ1n) is 7.42. The first-order valence-corrected chi connectivity index (χ1v) is 7.42. The quantitative estimate of drug-likeness (QED) is 0.783. The Labute approximate surface area is 119 Å². The van der Waals surface area contributed by atoms with Crippen LogP contribution in [0, 0.1) is 11.8 Å². The Morgan fingerprint density at radius 2 is 2.15 bits per heavy atom. The van der Waals surface area contributed by atoms with Crippen molar-refractivity contribution >= 4 is 5.97 Å². The number of carbonyl (C=O) groups is 1. The van der Waals surface area contributed by atoms with Gasteiger partial charge in [0.15, 0.2) is 0 Å². The number of aromatic carboxylic acids is 1. The van der Waals surface area contributed by atoms with Gasteiger partial charge in [0, 0.05) is 12.6 Å². The summed E-state index contributed by atoms with van der Waals surface area (Å²) < 4.78 is 5.60. The fourth-order valence-corrected chi connectivity index (χ4v) is 3.67. The molecule has 0 amide bonds. The van der Waals surface area contributed by atoms with E-state index in [0.29, 0.717) is 18.4 Å². The molecule has 20 heavy (non-hydrogen) atoms. The Hall–Kier alpha value is -1.55. The van der Waals surface area contributed by atoms with Crippen LogP contribution < -0.4 is 10.1 Å². The van der Waals surface area contributed by atoms with E-state index in [2.05, 4.69) is 5.32 Å². The second-order valence-corrected chi connectivity index (χ2v) is 5.89. The highest BCUT2D eigenvalue weighted by molar-refractivity contribution is 5.90. The van der Waals surface area contributed by atoms with E-state index in [0.717, 1.165) is 18.4 Å². The number of carboxylic acid groups (broad SMARTS) is 1. The van der Waals surface area contributed by atoms with E-state index in [1.54, 1.807) is 24.3 Å². The van der Waals surface area contributed by atoms with Crippen LogP contribution in [0.25, 0.3) is 0 Å². The molecule has 2 N–H and O–H groups in total. The Balaban J connectivity index is 1.45. The Morgan fingerprint density at radius 1 is 1.30 bits per heavy atom. The van der Waals surface area contributed by atoms with Gasteiger partial charge in [0.25, 0.3) is 0 Å². The van der Waals surface area contributed by atoms with E-state index in [1.807, 2.05) is 0 Å². The molecule has 0 spiro atoms. The first kappa shape index (κ1) is 13.4. The molecule has 3 atom stereocenters. The third-order valence-electron chi connectivity index (χ3n) is 4.62. The standard InChI is InChI=1S/C16H21NO3/c18-16(19)13-3-1-2-4-15(13)20-8-7-17-14-10-11-5-6-12(14)9-11/h1-4,11-12,14,17H,5-10H2,(H,18,19). The van der Waals surface area contributed by atoms with E-state index in [-0.39, 0.29) is 5.56 Å². The molecule has 2 aliphatic carbocycles. The maximum atomic E-state index is 11.1. The molecule has 3 unspecified atom stereocenters. The number of hydrogen-bond acceptors (Lipinski definition) is 3. The topological polar surface area (TPSA) is 58.6 Å². The summed E-state index contributed by atoms with van der Waals surface area (Å²) in [6, 6.07) is 7.43. The molecule has 3 rings (SSSR count). The van der Waals surface area contributed by atoms with Crippen LogP contribution in [0.3, 0.4) is 0 Å². The van der Waals surface area contributed by atoms with Gasteiger partial charge in [-0.1, -0.05) is 18.6 Å². The minimum atomic E-state index is -0.943. The average Bonchev–Trinajstić information content (AvgIpc) is 3.06. The minimum absolute atomic E-state index is 0.229. The highest BCUT2D eigenvalue weighted by Crippen LogP contribution is 2.44. The molecule has 0 heterocycles. The van der Waals surface area contributed by atoms with Gasteiger partial charge in [-0.2, -0.15) is 0 Å². The molecule has 0 aromatic heterocycles. The van der Waals surface area contributed by atoms with Crippen LogP contribution in [0.5, 0.6) is 5.75 Å². The summed E-state index contributed by atoms with van der Waals surface area (Å²) >= 11 is 0. The van der Waals surface area contributed by atoms with Crippen molar-refractivity contribution in [2.45, 2.75) is 31.7 Å². The van der Waals surface area contributed by atoms with Crippen LogP contribution in [0.4, 0.5) is 0 Å². The van der Waals surface area contributed by atoms with Crippen molar-refractivity contribution in [3.8, 4) is 5.75 Å². The van der Waals surface area contributed by atoms with Gasteiger partial charge < -0.3 is 15.2 Å². The monoisotopic (exact) mass is 275 g/mol. The summed E-state index contributed by atoms with van der Waals surface area (Å²) in [6.45, 7) is 1.29. The summed E-state index contributed by atoms with van der Waals surface area (Å²) in [7, 11) is 0. The minimum Gasteiger partial charge on any atom is -0.491 e. The molecule has 2 aliphatic rings. The van der Waals surface area contributed by atoms with E-state index in [9.17, 15) is 4.79 Å². The van der Waals surface area contributed by atoms with Crippen molar-refractivity contribution in [3.63, 3.8) is 0 Å². The molecule has 2 saturated carbocycles. The average molecular weight is 275 g/mol. The molecule has 1 aromatic carbocycles. The fourth-order valence-electron chi connectivity index (χ4n) is 3.67. The summed E-state index contributed by atoms with van der Waals surface area (Å²) in [6.07, 6.45) is 5.47. The lowest BCUT2D eigenvalue weighted by molar-refractivity contribution is 0.0692. The maximum Gasteiger partial charge on any atom is 0.339 e. The number of fused-ring (bicyclic) bond motifs is 2. The van der Waals surface area contributed by atoms with Crippen LogP contribution in [0.15, 0.2) is 24.3 Å². The van der Waals surface area contributed by atoms with E-state index >= 15 is 0 Å². The Kier molecular flexibility index (Phi) is 3.92. The zero-order chi connectivity index (χ0) is 13.9. The lowest BCUT2D eigenvalue weighted by Gasteiger charge is -2.23. The molecular weight excluding hydrogens is 254 g/mol. The first-order chi connectivity index (χ1) is 9.74. The second kappa shape index (κ2) is 5.83. The molecule has 0 radical (unpaired) electrons. The highest BCUT2D eigenvalue weighted by Gasteiger charge is 2.38. The number of ether oxygens (including phenoxy) is 1. The van der Waals surface area contributed by atoms with Gasteiger partial charge in [-0.15, -0.1) is 0 Å². The van der Waals surface area contributed by atoms with Gasteiger partial charge in [-0.25, -0.2) is 4.79 Å². The number of hydrogen-bond donors (Lipinski definition) is 2. The Morgan fingerprint density at radius 3 is 2.85 bits per heavy atom. The third kappa shape index (κ3) is 2.80. The summed E-state index contributed by atoms with van der Waals surface area (Å²) in [5.74, 6) is 1.30. The number of nitrogens with one attached hydrogen (secondary N) is 1. The summed E-state index contributed by atoms with van der Waals surface area (Å²) in [5, 5.41) is 12.6. The zero-order valence-corrected chi connectivity index (χ0v) is 11.5. The molecule has 2 fully saturated rings. The van der Waals surface area contributed by atoms with Crippen molar-refractivity contribution < 1.29 is 14.6 Å². The van der Waals surface area contributed by atoms with Crippen LogP contribution in [0.1, 0.15) is 36.0 Å². The third-order valence-corrected chi connectivity index (χ3v) is 4.62. The summed E-state index contributed by atoms with van der Waals surface area (Å²) in [5.41, 5.74) is 0.229. The number of para-hydroxylation sites is 1. The van der Waals surface area contributed by atoms with Crippen LogP contribution in [0.2, 0.25) is 0 Å². The van der Waals surface area contributed by atoms with Crippen molar-refractivity contribution in [2.24, 2.45) is 11.8 Å². The molecule has 1 aromatic rings. The fraction of sp³-hybridized carbons (Fsp3) is 0.562. The highest BCUT2D eigenvalue weighted by atomic mass is 16.5. The summed E-state index contributed by atoms with van der Waals surface area (Å²) in [4.78, 5) is 11.1. The number of rotatable bonds is 6. The predicted molar refractivity (Wildman–Crippen MR) is 76.1 cm³/mol. The number of benzene rings is 1. The van der Waals surface area contributed by atoms with Crippen LogP contribution in [-0.2, 0) is 0 Å². The van der Waals surface area contributed by atoms with Gasteiger partial charge in [0.2, 0.25) is 0 Å². The molecule has 4 heteroatoms. The molecule has 2 bridgehead atoms. The van der Waals surface area contributed by atoms with Crippen molar-refractivity contribution in [1.82, 2.24) is 5.32 Å². The van der Waals surface area contributed by atoms with Crippen LogP contribution >= 0.6 is 0 Å². The molecular formula is C16H21NO3. The lowest BCUT2D eigenvalue weighted by atomic mass is 9.95. The van der Waals surface area contributed by atoms with E-state index in [4.69, 9.17) is 9.84 Å². The lowest BCUT2D eigenvalue weighted by Crippen LogP contribution is -2.36. The van der Waals surface area contributed by atoms with Crippen molar-refractivity contribution in [2.75, 3.05) is 13.2 Å². The SMILES string of the molecule is O=C(O)c1ccccc1OCCNC1CC2CCC1C2. The van der Waals surface area contributed by atoms with Gasteiger partial charge >= 0.3 is 5.97 Å². The van der Waals surface area contributed by atoms with Gasteiger partial charge in [0.1, 0.15) is 17.9 Å². The van der Waals surface area contributed by atoms with E-state index < -0.39 is 5.97 Å². The normalized spacial score (nSPS) is 27.7. The van der Waals surface area contributed by atoms with Crippen LogP contribution in [-0.4, -0.2) is 30.3 Å². The zero-order valence-electron chi connectivity index (χ0n) is 11.5. The van der Waals surface area contributed by atoms with E-state index in [1.165, 1.54) is 25.7 Å².